The Kier molecular flexibility index (Phi) is 2.98. The van der Waals surface area contributed by atoms with Gasteiger partial charge in [0.15, 0.2) is 0 Å². The second-order valence-electron chi connectivity index (χ2n) is 3.35. The van der Waals surface area contributed by atoms with E-state index in [1.54, 1.807) is 12.3 Å². The number of carbonyl (C=O) groups is 1. The van der Waals surface area contributed by atoms with Gasteiger partial charge in [-0.25, -0.2) is 0 Å². The van der Waals surface area contributed by atoms with Crippen LogP contribution in [0, 0.1) is 0 Å². The number of H-pyrrole nitrogens is 1. The SMILES string of the molecule is NC(C(=O)Nc1ccn[nH]1)c1ccccc1. The topological polar surface area (TPSA) is 83.8 Å². The summed E-state index contributed by atoms with van der Waals surface area (Å²) in [4.78, 5) is 11.7. The Morgan fingerprint density at radius 2 is 2.06 bits per heavy atom. The number of rotatable bonds is 3. The summed E-state index contributed by atoms with van der Waals surface area (Å²) in [6.07, 6.45) is 1.56. The van der Waals surface area contributed by atoms with Crippen molar-refractivity contribution in [3.05, 3.63) is 48.2 Å². The highest BCUT2D eigenvalue weighted by molar-refractivity contribution is 5.94. The number of hydrogen-bond donors (Lipinski definition) is 3. The van der Waals surface area contributed by atoms with Crippen LogP contribution >= 0.6 is 0 Å². The van der Waals surface area contributed by atoms with Gasteiger partial charge in [0.1, 0.15) is 11.9 Å². The molecule has 0 radical (unpaired) electrons. The minimum atomic E-state index is -0.676. The summed E-state index contributed by atoms with van der Waals surface area (Å²) in [6, 6.07) is 10.2. The lowest BCUT2D eigenvalue weighted by Gasteiger charge is -2.10. The number of carbonyl (C=O) groups excluding carboxylic acids is 1. The third kappa shape index (κ3) is 2.26. The van der Waals surface area contributed by atoms with Crippen LogP contribution in [0.1, 0.15) is 11.6 Å². The van der Waals surface area contributed by atoms with Crippen molar-refractivity contribution in [3.63, 3.8) is 0 Å². The Morgan fingerprint density at radius 1 is 1.31 bits per heavy atom. The van der Waals surface area contributed by atoms with Crippen LogP contribution in [-0.2, 0) is 4.79 Å². The molecule has 0 fully saturated rings. The quantitative estimate of drug-likeness (QED) is 0.717. The fourth-order valence-corrected chi connectivity index (χ4v) is 1.35. The number of nitrogens with zero attached hydrogens (tertiary/aromatic N) is 1. The average molecular weight is 216 g/mol. The highest BCUT2D eigenvalue weighted by Crippen LogP contribution is 2.11. The zero-order valence-electron chi connectivity index (χ0n) is 8.55. The Hall–Kier alpha value is -2.14. The summed E-state index contributed by atoms with van der Waals surface area (Å²) in [5, 5.41) is 9.00. The summed E-state index contributed by atoms with van der Waals surface area (Å²) in [5.74, 6) is 0.270. The van der Waals surface area contributed by atoms with E-state index in [2.05, 4.69) is 15.5 Å². The molecular formula is C11H12N4O. The second kappa shape index (κ2) is 4.59. The van der Waals surface area contributed by atoms with E-state index in [1.165, 1.54) is 0 Å². The third-order valence-electron chi connectivity index (χ3n) is 2.20. The van der Waals surface area contributed by atoms with Crippen molar-refractivity contribution in [1.29, 1.82) is 0 Å². The Morgan fingerprint density at radius 3 is 2.69 bits per heavy atom. The molecule has 1 amide bonds. The molecule has 0 aliphatic heterocycles. The van der Waals surface area contributed by atoms with E-state index in [0.717, 1.165) is 5.56 Å². The van der Waals surface area contributed by atoms with E-state index in [-0.39, 0.29) is 5.91 Å². The first kappa shape index (κ1) is 10.4. The molecule has 82 valence electrons. The molecule has 0 spiro atoms. The highest BCUT2D eigenvalue weighted by atomic mass is 16.2. The molecule has 1 unspecified atom stereocenters. The largest absolute Gasteiger partial charge is 0.316 e. The zero-order valence-corrected chi connectivity index (χ0v) is 8.55. The number of benzene rings is 1. The van der Waals surface area contributed by atoms with Crippen LogP contribution in [0.4, 0.5) is 5.82 Å². The maximum atomic E-state index is 11.7. The molecule has 1 heterocycles. The van der Waals surface area contributed by atoms with Crippen LogP contribution in [0.5, 0.6) is 0 Å². The third-order valence-corrected chi connectivity index (χ3v) is 2.20. The van der Waals surface area contributed by atoms with E-state index in [4.69, 9.17) is 5.73 Å². The molecule has 0 saturated carbocycles. The van der Waals surface area contributed by atoms with E-state index < -0.39 is 6.04 Å². The fraction of sp³-hybridized carbons (Fsp3) is 0.0909. The zero-order chi connectivity index (χ0) is 11.4. The second-order valence-corrected chi connectivity index (χ2v) is 3.35. The maximum Gasteiger partial charge on any atom is 0.247 e. The van der Waals surface area contributed by atoms with Gasteiger partial charge in [0.25, 0.3) is 0 Å². The van der Waals surface area contributed by atoms with Crippen LogP contribution in [0.15, 0.2) is 42.6 Å². The van der Waals surface area contributed by atoms with Gasteiger partial charge in [0, 0.05) is 6.07 Å². The lowest BCUT2D eigenvalue weighted by atomic mass is 10.1. The molecular weight excluding hydrogens is 204 g/mol. The van der Waals surface area contributed by atoms with Crippen molar-refractivity contribution in [3.8, 4) is 0 Å². The van der Waals surface area contributed by atoms with Crippen molar-refractivity contribution >= 4 is 11.7 Å². The molecule has 4 N–H and O–H groups in total. The van der Waals surface area contributed by atoms with Gasteiger partial charge < -0.3 is 11.1 Å². The van der Waals surface area contributed by atoms with Crippen molar-refractivity contribution in [1.82, 2.24) is 10.2 Å². The first-order chi connectivity index (χ1) is 7.77. The first-order valence-corrected chi connectivity index (χ1v) is 4.88. The predicted octanol–water partition coefficient (Wildman–Crippen LogP) is 1.05. The van der Waals surface area contributed by atoms with Crippen LogP contribution in [-0.4, -0.2) is 16.1 Å². The number of hydrogen-bond acceptors (Lipinski definition) is 3. The van der Waals surface area contributed by atoms with Gasteiger partial charge in [-0.15, -0.1) is 0 Å². The minimum absolute atomic E-state index is 0.268. The predicted molar refractivity (Wildman–Crippen MR) is 60.6 cm³/mol. The number of aromatic amines is 1. The highest BCUT2D eigenvalue weighted by Gasteiger charge is 2.15. The molecule has 1 atom stereocenters. The van der Waals surface area contributed by atoms with E-state index in [9.17, 15) is 4.79 Å². The number of anilines is 1. The van der Waals surface area contributed by atoms with Gasteiger partial charge in [-0.05, 0) is 5.56 Å². The molecule has 16 heavy (non-hydrogen) atoms. The van der Waals surface area contributed by atoms with Crippen LogP contribution in [0.25, 0.3) is 0 Å². The lowest BCUT2D eigenvalue weighted by molar-refractivity contribution is -0.117. The van der Waals surface area contributed by atoms with Gasteiger partial charge in [-0.1, -0.05) is 30.3 Å². The van der Waals surface area contributed by atoms with E-state index >= 15 is 0 Å². The van der Waals surface area contributed by atoms with Crippen LogP contribution in [0.3, 0.4) is 0 Å². The van der Waals surface area contributed by atoms with Gasteiger partial charge in [-0.2, -0.15) is 5.10 Å². The number of nitrogens with two attached hydrogens (primary N) is 1. The van der Waals surface area contributed by atoms with Crippen molar-refractivity contribution < 1.29 is 4.79 Å². The lowest BCUT2D eigenvalue weighted by Crippen LogP contribution is -2.27. The Balaban J connectivity index is 2.05. The summed E-state index contributed by atoms with van der Waals surface area (Å²) in [6.45, 7) is 0. The Bertz CT molecular complexity index is 452. The molecule has 2 rings (SSSR count). The van der Waals surface area contributed by atoms with Gasteiger partial charge in [0.2, 0.25) is 5.91 Å². The van der Waals surface area contributed by atoms with Gasteiger partial charge in [-0.3, -0.25) is 9.89 Å². The summed E-state index contributed by atoms with van der Waals surface area (Å²) in [5.41, 5.74) is 6.59. The standard InChI is InChI=1S/C11H12N4O/c12-10(8-4-2-1-3-5-8)11(16)14-9-6-7-13-15-9/h1-7,10H,12H2,(H2,13,14,15,16). The molecule has 5 heteroatoms. The normalized spacial score (nSPS) is 12.1. The Labute approximate surface area is 92.7 Å². The summed E-state index contributed by atoms with van der Waals surface area (Å²) >= 11 is 0. The van der Waals surface area contributed by atoms with Crippen LogP contribution < -0.4 is 11.1 Å². The van der Waals surface area contributed by atoms with Crippen molar-refractivity contribution in [2.45, 2.75) is 6.04 Å². The number of amides is 1. The molecule has 0 bridgehead atoms. The van der Waals surface area contributed by atoms with E-state index in [1.807, 2.05) is 30.3 Å². The molecule has 1 aromatic heterocycles. The number of aromatic nitrogens is 2. The average Bonchev–Trinajstić information content (AvgIpc) is 2.82. The first-order valence-electron chi connectivity index (χ1n) is 4.88. The molecule has 2 aromatic rings. The maximum absolute atomic E-state index is 11.7. The van der Waals surface area contributed by atoms with E-state index in [0.29, 0.717) is 5.82 Å². The molecule has 0 saturated heterocycles. The monoisotopic (exact) mass is 216 g/mol. The van der Waals surface area contributed by atoms with Crippen LogP contribution in [0.2, 0.25) is 0 Å². The van der Waals surface area contributed by atoms with Gasteiger partial charge in [0.05, 0.1) is 6.20 Å². The summed E-state index contributed by atoms with van der Waals surface area (Å²) < 4.78 is 0. The van der Waals surface area contributed by atoms with Crippen molar-refractivity contribution in [2.75, 3.05) is 5.32 Å². The number of nitrogens with one attached hydrogen (secondary N) is 2. The van der Waals surface area contributed by atoms with Crippen molar-refractivity contribution in [2.24, 2.45) is 5.73 Å². The summed E-state index contributed by atoms with van der Waals surface area (Å²) in [7, 11) is 0. The molecule has 5 nitrogen and oxygen atoms in total. The molecule has 1 aromatic carbocycles. The minimum Gasteiger partial charge on any atom is -0.316 e. The smallest absolute Gasteiger partial charge is 0.247 e. The molecule has 0 aliphatic rings. The van der Waals surface area contributed by atoms with Gasteiger partial charge >= 0.3 is 0 Å². The fourth-order valence-electron chi connectivity index (χ4n) is 1.35. The molecule has 0 aliphatic carbocycles.